The summed E-state index contributed by atoms with van der Waals surface area (Å²) in [6.07, 6.45) is 1.67. The van der Waals surface area contributed by atoms with Crippen LogP contribution in [0.15, 0.2) is 30.5 Å². The molecule has 0 aliphatic carbocycles. The van der Waals surface area contributed by atoms with E-state index in [0.29, 0.717) is 6.54 Å². The lowest BCUT2D eigenvalue weighted by Crippen LogP contribution is -2.07. The summed E-state index contributed by atoms with van der Waals surface area (Å²) in [4.78, 5) is 18.5. The molecule has 7 heteroatoms. The lowest BCUT2D eigenvalue weighted by molar-refractivity contribution is -0.384. The molecule has 2 heterocycles. The van der Waals surface area contributed by atoms with Crippen LogP contribution < -0.4 is 5.32 Å². The molecule has 98 valence electrons. The molecule has 0 aliphatic rings. The van der Waals surface area contributed by atoms with Gasteiger partial charge in [-0.05, 0) is 24.6 Å². The first-order valence-corrected chi connectivity index (χ1v) is 5.91. The Hall–Kier alpha value is -2.21. The first-order valence-electron chi connectivity index (χ1n) is 5.53. The fourth-order valence-electron chi connectivity index (χ4n) is 1.58. The highest BCUT2D eigenvalue weighted by Gasteiger charge is 2.15. The van der Waals surface area contributed by atoms with E-state index in [1.54, 1.807) is 6.20 Å². The SMILES string of the molecule is Cc1cccnc1CNc1nc(Cl)ccc1[N+](=O)[O-]. The number of hydrogen-bond acceptors (Lipinski definition) is 5. The monoisotopic (exact) mass is 278 g/mol. The van der Waals surface area contributed by atoms with Gasteiger partial charge in [0.1, 0.15) is 5.15 Å². The molecule has 2 rings (SSSR count). The maximum Gasteiger partial charge on any atom is 0.311 e. The fourth-order valence-corrected chi connectivity index (χ4v) is 1.72. The van der Waals surface area contributed by atoms with E-state index in [1.807, 2.05) is 19.1 Å². The van der Waals surface area contributed by atoms with Gasteiger partial charge in [0.25, 0.3) is 0 Å². The van der Waals surface area contributed by atoms with Crippen molar-refractivity contribution in [1.29, 1.82) is 0 Å². The van der Waals surface area contributed by atoms with Crippen molar-refractivity contribution in [3.63, 3.8) is 0 Å². The maximum absolute atomic E-state index is 10.9. The Morgan fingerprint density at radius 3 is 2.89 bits per heavy atom. The van der Waals surface area contributed by atoms with Gasteiger partial charge in [-0.3, -0.25) is 15.1 Å². The topological polar surface area (TPSA) is 81.0 Å². The second-order valence-corrected chi connectivity index (χ2v) is 4.27. The van der Waals surface area contributed by atoms with Gasteiger partial charge in [0, 0.05) is 12.3 Å². The molecule has 0 fully saturated rings. The summed E-state index contributed by atoms with van der Waals surface area (Å²) in [5, 5.41) is 14.0. The Kier molecular flexibility index (Phi) is 3.91. The zero-order chi connectivity index (χ0) is 13.8. The average Bonchev–Trinajstić information content (AvgIpc) is 2.37. The molecule has 6 nitrogen and oxygen atoms in total. The third-order valence-electron chi connectivity index (χ3n) is 2.58. The van der Waals surface area contributed by atoms with Crippen LogP contribution in [0.5, 0.6) is 0 Å². The van der Waals surface area contributed by atoms with Gasteiger partial charge in [-0.25, -0.2) is 4.98 Å². The van der Waals surface area contributed by atoms with Crippen LogP contribution in [0.2, 0.25) is 5.15 Å². The number of anilines is 1. The van der Waals surface area contributed by atoms with Crippen LogP contribution in [0, 0.1) is 17.0 Å². The Bertz CT molecular complexity index is 618. The number of aryl methyl sites for hydroxylation is 1. The van der Waals surface area contributed by atoms with Crippen molar-refractivity contribution in [3.05, 3.63) is 57.0 Å². The number of rotatable bonds is 4. The van der Waals surface area contributed by atoms with Gasteiger partial charge in [0.15, 0.2) is 0 Å². The molecule has 0 bridgehead atoms. The van der Waals surface area contributed by atoms with E-state index in [9.17, 15) is 10.1 Å². The highest BCUT2D eigenvalue weighted by atomic mass is 35.5. The van der Waals surface area contributed by atoms with Crippen molar-refractivity contribution in [1.82, 2.24) is 9.97 Å². The molecular formula is C12H11ClN4O2. The molecule has 0 saturated carbocycles. The zero-order valence-corrected chi connectivity index (χ0v) is 10.9. The van der Waals surface area contributed by atoms with Crippen molar-refractivity contribution in [3.8, 4) is 0 Å². The molecule has 0 aromatic carbocycles. The van der Waals surface area contributed by atoms with E-state index in [2.05, 4.69) is 15.3 Å². The van der Waals surface area contributed by atoms with E-state index < -0.39 is 4.92 Å². The predicted molar refractivity (Wildman–Crippen MR) is 72.2 cm³/mol. The van der Waals surface area contributed by atoms with Crippen molar-refractivity contribution in [2.24, 2.45) is 0 Å². The van der Waals surface area contributed by atoms with Gasteiger partial charge in [-0.15, -0.1) is 0 Å². The number of pyridine rings is 2. The largest absolute Gasteiger partial charge is 0.359 e. The van der Waals surface area contributed by atoms with Crippen LogP contribution in [-0.4, -0.2) is 14.9 Å². The molecular weight excluding hydrogens is 268 g/mol. The maximum atomic E-state index is 10.9. The smallest absolute Gasteiger partial charge is 0.311 e. The highest BCUT2D eigenvalue weighted by Crippen LogP contribution is 2.24. The van der Waals surface area contributed by atoms with Crippen LogP contribution in [-0.2, 0) is 6.54 Å². The minimum atomic E-state index is -0.503. The first-order chi connectivity index (χ1) is 9.08. The Balaban J connectivity index is 2.22. The predicted octanol–water partition coefficient (Wildman–Crippen LogP) is 2.96. The van der Waals surface area contributed by atoms with Crippen LogP contribution in [0.25, 0.3) is 0 Å². The number of nitrogens with zero attached hydrogens (tertiary/aromatic N) is 3. The Morgan fingerprint density at radius 1 is 1.42 bits per heavy atom. The van der Waals surface area contributed by atoms with Crippen LogP contribution >= 0.6 is 11.6 Å². The molecule has 0 atom stereocenters. The van der Waals surface area contributed by atoms with Crippen LogP contribution in [0.3, 0.4) is 0 Å². The lowest BCUT2D eigenvalue weighted by atomic mass is 10.2. The van der Waals surface area contributed by atoms with E-state index in [0.717, 1.165) is 11.3 Å². The Labute approximate surface area is 114 Å². The Morgan fingerprint density at radius 2 is 2.21 bits per heavy atom. The van der Waals surface area contributed by atoms with Gasteiger partial charge in [-0.1, -0.05) is 17.7 Å². The zero-order valence-electron chi connectivity index (χ0n) is 10.1. The highest BCUT2D eigenvalue weighted by molar-refractivity contribution is 6.29. The standard InChI is InChI=1S/C12H11ClN4O2/c1-8-3-2-6-14-9(8)7-15-12-10(17(18)19)4-5-11(13)16-12/h2-6H,7H2,1H3,(H,15,16). The minimum Gasteiger partial charge on any atom is -0.359 e. The lowest BCUT2D eigenvalue weighted by Gasteiger charge is -2.07. The third kappa shape index (κ3) is 3.17. The quantitative estimate of drug-likeness (QED) is 0.528. The average molecular weight is 279 g/mol. The van der Waals surface area contributed by atoms with Gasteiger partial charge >= 0.3 is 5.69 Å². The molecule has 2 aromatic heterocycles. The number of nitro groups is 1. The van der Waals surface area contributed by atoms with Crippen molar-refractivity contribution in [2.75, 3.05) is 5.32 Å². The van der Waals surface area contributed by atoms with Gasteiger partial charge in [0.2, 0.25) is 5.82 Å². The molecule has 2 aromatic rings. The van der Waals surface area contributed by atoms with Crippen molar-refractivity contribution in [2.45, 2.75) is 13.5 Å². The van der Waals surface area contributed by atoms with E-state index in [1.165, 1.54) is 12.1 Å². The van der Waals surface area contributed by atoms with Crippen LogP contribution in [0.4, 0.5) is 11.5 Å². The van der Waals surface area contributed by atoms with Crippen molar-refractivity contribution >= 4 is 23.1 Å². The number of aromatic nitrogens is 2. The molecule has 0 aliphatic heterocycles. The summed E-state index contributed by atoms with van der Waals surface area (Å²) in [5.74, 6) is 0.141. The molecule has 0 spiro atoms. The number of nitrogens with one attached hydrogen (secondary N) is 1. The molecule has 0 unspecified atom stereocenters. The third-order valence-corrected chi connectivity index (χ3v) is 2.79. The minimum absolute atomic E-state index is 0.113. The van der Waals surface area contributed by atoms with Crippen molar-refractivity contribution < 1.29 is 4.92 Å². The summed E-state index contributed by atoms with van der Waals surface area (Å²) >= 11 is 5.75. The van der Waals surface area contributed by atoms with E-state index >= 15 is 0 Å². The summed E-state index contributed by atoms with van der Waals surface area (Å²) in [5.41, 5.74) is 1.69. The van der Waals surface area contributed by atoms with E-state index in [4.69, 9.17) is 11.6 Å². The molecule has 19 heavy (non-hydrogen) atoms. The summed E-state index contributed by atoms with van der Waals surface area (Å²) < 4.78 is 0. The van der Waals surface area contributed by atoms with E-state index in [-0.39, 0.29) is 16.7 Å². The summed E-state index contributed by atoms with van der Waals surface area (Å²) in [6, 6.07) is 6.46. The molecule has 0 amide bonds. The van der Waals surface area contributed by atoms with Crippen LogP contribution in [0.1, 0.15) is 11.3 Å². The summed E-state index contributed by atoms with van der Waals surface area (Å²) in [6.45, 7) is 2.27. The number of halogens is 1. The molecule has 1 N–H and O–H groups in total. The first kappa shape index (κ1) is 13.2. The van der Waals surface area contributed by atoms with Gasteiger partial charge in [0.05, 0.1) is 17.2 Å². The number of hydrogen-bond donors (Lipinski definition) is 1. The second kappa shape index (κ2) is 5.62. The van der Waals surface area contributed by atoms with Gasteiger partial charge < -0.3 is 5.32 Å². The summed E-state index contributed by atoms with van der Waals surface area (Å²) in [7, 11) is 0. The fraction of sp³-hybridized carbons (Fsp3) is 0.167. The second-order valence-electron chi connectivity index (χ2n) is 3.88. The molecule has 0 radical (unpaired) electrons. The normalized spacial score (nSPS) is 10.2. The molecule has 0 saturated heterocycles. The van der Waals surface area contributed by atoms with Gasteiger partial charge in [-0.2, -0.15) is 0 Å².